The maximum absolute atomic E-state index is 13.2. The normalized spacial score (nSPS) is 16.0. The molecule has 0 unspecified atom stereocenters. The fourth-order valence-electron chi connectivity index (χ4n) is 2.75. The van der Waals surface area contributed by atoms with Gasteiger partial charge in [0.25, 0.3) is 11.8 Å². The topological polar surface area (TPSA) is 65.8 Å². The molecule has 0 bridgehead atoms. The Kier molecular flexibility index (Phi) is 5.36. The first-order chi connectivity index (χ1) is 12.9. The predicted octanol–water partition coefficient (Wildman–Crippen LogP) is 3.10. The molecule has 8 heteroatoms. The van der Waals surface area contributed by atoms with Crippen LogP contribution >= 0.6 is 12.2 Å². The van der Waals surface area contributed by atoms with Crippen LogP contribution in [0.2, 0.25) is 0 Å². The highest BCUT2D eigenvalue weighted by Gasteiger charge is 2.34. The van der Waals surface area contributed by atoms with Gasteiger partial charge in [-0.1, -0.05) is 0 Å². The molecule has 3 rings (SSSR count). The zero-order chi connectivity index (χ0) is 19.6. The number of nitrogens with zero attached hydrogens (tertiary/aromatic N) is 2. The molecule has 0 atom stereocenters. The number of carbonyl (C=O) groups is 2. The lowest BCUT2D eigenvalue weighted by Crippen LogP contribution is -2.54. The SMILES string of the molecule is CCN(CC)c1ccc(C=C2C(=O)NC(=S)N(c3ccc(F)cc3)C2=O)o1. The van der Waals surface area contributed by atoms with E-state index >= 15 is 0 Å². The Labute approximate surface area is 161 Å². The number of anilines is 2. The van der Waals surface area contributed by atoms with E-state index in [0.717, 1.165) is 18.0 Å². The molecule has 0 saturated carbocycles. The number of carbonyl (C=O) groups excluding carboxylic acids is 2. The van der Waals surface area contributed by atoms with Crippen LogP contribution in [0, 0.1) is 5.82 Å². The molecule has 2 aromatic rings. The van der Waals surface area contributed by atoms with Gasteiger partial charge in [-0.15, -0.1) is 0 Å². The molecule has 27 heavy (non-hydrogen) atoms. The number of halogens is 1. The van der Waals surface area contributed by atoms with Gasteiger partial charge >= 0.3 is 0 Å². The summed E-state index contributed by atoms with van der Waals surface area (Å²) in [6.45, 7) is 5.55. The monoisotopic (exact) mass is 387 g/mol. The number of amides is 2. The highest BCUT2D eigenvalue weighted by atomic mass is 32.1. The molecule has 1 aliphatic heterocycles. The Morgan fingerprint density at radius 3 is 2.44 bits per heavy atom. The molecule has 1 saturated heterocycles. The van der Waals surface area contributed by atoms with Gasteiger partial charge in [-0.3, -0.25) is 19.8 Å². The number of thiocarbonyl (C=S) groups is 1. The second-order valence-corrected chi connectivity index (χ2v) is 6.17. The maximum atomic E-state index is 13.2. The van der Waals surface area contributed by atoms with E-state index in [-0.39, 0.29) is 10.7 Å². The minimum Gasteiger partial charge on any atom is -0.441 e. The third kappa shape index (κ3) is 3.75. The molecule has 6 nitrogen and oxygen atoms in total. The van der Waals surface area contributed by atoms with Gasteiger partial charge in [0, 0.05) is 19.2 Å². The molecule has 2 amide bonds. The van der Waals surface area contributed by atoms with Gasteiger partial charge in [-0.05, 0) is 62.5 Å². The number of furan rings is 1. The van der Waals surface area contributed by atoms with E-state index in [1.807, 2.05) is 18.7 Å². The minimum atomic E-state index is -0.607. The number of rotatable bonds is 5. The smallest absolute Gasteiger partial charge is 0.270 e. The van der Waals surface area contributed by atoms with Crippen LogP contribution in [-0.4, -0.2) is 30.0 Å². The molecule has 1 aliphatic rings. The van der Waals surface area contributed by atoms with Crippen LogP contribution in [0.3, 0.4) is 0 Å². The Morgan fingerprint density at radius 2 is 1.81 bits per heavy atom. The zero-order valence-electron chi connectivity index (χ0n) is 14.9. The largest absolute Gasteiger partial charge is 0.441 e. The van der Waals surface area contributed by atoms with Gasteiger partial charge in [0.05, 0.1) is 5.69 Å². The minimum absolute atomic E-state index is 0.0583. The van der Waals surface area contributed by atoms with E-state index in [4.69, 9.17) is 16.6 Å². The highest BCUT2D eigenvalue weighted by molar-refractivity contribution is 7.80. The molecular formula is C19H18FN3O3S. The molecule has 140 valence electrons. The van der Waals surface area contributed by atoms with Crippen molar-refractivity contribution in [3.05, 3.63) is 53.5 Å². The van der Waals surface area contributed by atoms with Gasteiger partial charge in [0.15, 0.2) is 11.0 Å². The van der Waals surface area contributed by atoms with E-state index in [1.165, 1.54) is 30.3 Å². The average Bonchev–Trinajstić information content (AvgIpc) is 3.10. The van der Waals surface area contributed by atoms with Crippen LogP contribution in [0.4, 0.5) is 16.0 Å². The molecular weight excluding hydrogens is 369 g/mol. The quantitative estimate of drug-likeness (QED) is 0.485. The second kappa shape index (κ2) is 7.71. The molecule has 1 N–H and O–H groups in total. The van der Waals surface area contributed by atoms with Crippen molar-refractivity contribution in [1.82, 2.24) is 5.32 Å². The third-order valence-corrected chi connectivity index (χ3v) is 4.45. The van der Waals surface area contributed by atoms with Gasteiger partial charge in [0.2, 0.25) is 0 Å². The van der Waals surface area contributed by atoms with E-state index in [9.17, 15) is 14.0 Å². The fraction of sp³-hybridized carbons (Fsp3) is 0.211. The standard InChI is InChI=1S/C19H18FN3O3S/c1-3-22(4-2)16-10-9-14(26-16)11-15-17(24)21-19(27)23(18(15)25)13-7-5-12(20)6-8-13/h5-11H,3-4H2,1-2H3,(H,21,24,27). The fourth-order valence-corrected chi connectivity index (χ4v) is 3.03. The van der Waals surface area contributed by atoms with Crippen molar-refractivity contribution >= 4 is 46.8 Å². The summed E-state index contributed by atoms with van der Waals surface area (Å²) in [5, 5.41) is 2.42. The molecule has 0 radical (unpaired) electrons. The first-order valence-electron chi connectivity index (χ1n) is 8.46. The Morgan fingerprint density at radius 1 is 1.15 bits per heavy atom. The number of nitrogens with one attached hydrogen (secondary N) is 1. The van der Waals surface area contributed by atoms with Crippen molar-refractivity contribution in [2.75, 3.05) is 22.9 Å². The number of hydrogen-bond donors (Lipinski definition) is 1. The molecule has 1 aromatic carbocycles. The van der Waals surface area contributed by atoms with Gasteiger partial charge in [-0.2, -0.15) is 0 Å². The molecule has 0 spiro atoms. The maximum Gasteiger partial charge on any atom is 0.270 e. The van der Waals surface area contributed by atoms with Gasteiger partial charge in [-0.25, -0.2) is 4.39 Å². The summed E-state index contributed by atoms with van der Waals surface area (Å²) < 4.78 is 18.9. The first kappa shape index (κ1) is 18.8. The molecule has 0 aliphatic carbocycles. The second-order valence-electron chi connectivity index (χ2n) is 5.78. The van der Waals surface area contributed by atoms with Crippen LogP contribution < -0.4 is 15.1 Å². The zero-order valence-corrected chi connectivity index (χ0v) is 15.7. The van der Waals surface area contributed by atoms with Crippen LogP contribution in [0.15, 0.2) is 46.4 Å². The van der Waals surface area contributed by atoms with Gasteiger partial charge in [0.1, 0.15) is 17.2 Å². The molecule has 1 fully saturated rings. The molecule has 2 heterocycles. The van der Waals surface area contributed by atoms with E-state index in [0.29, 0.717) is 17.3 Å². The van der Waals surface area contributed by atoms with Crippen LogP contribution in [0.5, 0.6) is 0 Å². The summed E-state index contributed by atoms with van der Waals surface area (Å²) in [7, 11) is 0. The summed E-state index contributed by atoms with van der Waals surface area (Å²) in [4.78, 5) is 28.3. The Hall–Kier alpha value is -3.00. The Bertz CT molecular complexity index is 917. The summed E-state index contributed by atoms with van der Waals surface area (Å²) in [5.74, 6) is -0.613. The lowest BCUT2D eigenvalue weighted by molar-refractivity contribution is -0.122. The van der Waals surface area contributed by atoms with Crippen molar-refractivity contribution in [2.45, 2.75) is 13.8 Å². The van der Waals surface area contributed by atoms with Crippen molar-refractivity contribution in [2.24, 2.45) is 0 Å². The summed E-state index contributed by atoms with van der Waals surface area (Å²) >= 11 is 5.11. The highest BCUT2D eigenvalue weighted by Crippen LogP contribution is 2.24. The van der Waals surface area contributed by atoms with E-state index < -0.39 is 17.6 Å². The summed E-state index contributed by atoms with van der Waals surface area (Å²) in [5.41, 5.74) is 0.244. The average molecular weight is 387 g/mol. The lowest BCUT2D eigenvalue weighted by Gasteiger charge is -2.28. The third-order valence-electron chi connectivity index (χ3n) is 4.16. The van der Waals surface area contributed by atoms with Crippen molar-refractivity contribution in [3.63, 3.8) is 0 Å². The van der Waals surface area contributed by atoms with Crippen LogP contribution in [-0.2, 0) is 9.59 Å². The number of hydrogen-bond acceptors (Lipinski definition) is 5. The lowest BCUT2D eigenvalue weighted by atomic mass is 10.1. The predicted molar refractivity (Wildman–Crippen MR) is 105 cm³/mol. The van der Waals surface area contributed by atoms with Crippen LogP contribution in [0.1, 0.15) is 19.6 Å². The summed E-state index contributed by atoms with van der Waals surface area (Å²) in [6, 6.07) is 8.74. The Balaban J connectivity index is 1.93. The van der Waals surface area contributed by atoms with E-state index in [1.54, 1.807) is 12.1 Å². The molecule has 1 aromatic heterocycles. The van der Waals surface area contributed by atoms with Crippen LogP contribution in [0.25, 0.3) is 6.08 Å². The first-order valence-corrected chi connectivity index (χ1v) is 8.87. The summed E-state index contributed by atoms with van der Waals surface area (Å²) in [6.07, 6.45) is 1.38. The number of benzene rings is 1. The van der Waals surface area contributed by atoms with E-state index in [2.05, 4.69) is 5.32 Å². The van der Waals surface area contributed by atoms with Crippen molar-refractivity contribution < 1.29 is 18.4 Å². The van der Waals surface area contributed by atoms with Gasteiger partial charge < -0.3 is 9.32 Å². The van der Waals surface area contributed by atoms with Crippen molar-refractivity contribution in [1.29, 1.82) is 0 Å². The van der Waals surface area contributed by atoms with Crippen molar-refractivity contribution in [3.8, 4) is 0 Å².